The van der Waals surface area contributed by atoms with Crippen molar-refractivity contribution >= 4 is 11.5 Å². The number of nitro benzene ring substituents is 1. The summed E-state index contributed by atoms with van der Waals surface area (Å²) in [5, 5.41) is 18.5. The summed E-state index contributed by atoms with van der Waals surface area (Å²) in [6.45, 7) is 1.94. The third kappa shape index (κ3) is 2.37. The molecule has 0 radical (unpaired) electrons. The molecule has 100 valence electrons. The molecule has 0 bridgehead atoms. The van der Waals surface area contributed by atoms with Crippen LogP contribution in [0.15, 0.2) is 18.2 Å². The summed E-state index contributed by atoms with van der Waals surface area (Å²) in [7, 11) is 0. The van der Waals surface area contributed by atoms with Crippen molar-refractivity contribution in [1.82, 2.24) is 15.0 Å². The number of rotatable bonds is 4. The van der Waals surface area contributed by atoms with Crippen LogP contribution in [0.1, 0.15) is 19.0 Å². The van der Waals surface area contributed by atoms with Crippen LogP contribution in [-0.4, -0.2) is 19.9 Å². The Morgan fingerprint density at radius 2 is 2.26 bits per heavy atom. The molecule has 0 unspecified atom stereocenters. The first-order valence-corrected chi connectivity index (χ1v) is 5.69. The molecule has 0 saturated heterocycles. The number of nitrogens with zero attached hydrogens (tertiary/aromatic N) is 4. The first kappa shape index (κ1) is 12.9. The summed E-state index contributed by atoms with van der Waals surface area (Å²) in [6, 6.07) is 3.28. The summed E-state index contributed by atoms with van der Waals surface area (Å²) in [4.78, 5) is 10.3. The van der Waals surface area contributed by atoms with Crippen LogP contribution in [-0.2, 0) is 6.42 Å². The maximum absolute atomic E-state index is 13.1. The van der Waals surface area contributed by atoms with Crippen LogP contribution in [0.2, 0.25) is 0 Å². The van der Waals surface area contributed by atoms with Crippen LogP contribution in [0, 0.1) is 15.9 Å². The number of hydrogen-bond acceptors (Lipinski definition) is 5. The molecular formula is C11H12FN5O2. The molecule has 0 atom stereocenters. The van der Waals surface area contributed by atoms with Gasteiger partial charge in [0.15, 0.2) is 5.82 Å². The van der Waals surface area contributed by atoms with Crippen molar-refractivity contribution in [2.75, 3.05) is 5.73 Å². The Hall–Kier alpha value is -2.51. The number of hydrogen-bond donors (Lipinski definition) is 1. The highest BCUT2D eigenvalue weighted by atomic mass is 19.1. The Kier molecular flexibility index (Phi) is 3.41. The Balaban J connectivity index is 2.62. The lowest BCUT2D eigenvalue weighted by Crippen LogP contribution is -2.07. The number of halogens is 1. The van der Waals surface area contributed by atoms with E-state index in [4.69, 9.17) is 5.73 Å². The Labute approximate surface area is 108 Å². The molecular weight excluding hydrogens is 253 g/mol. The molecule has 0 aliphatic heterocycles. The molecule has 2 rings (SSSR count). The molecule has 1 aromatic carbocycles. The predicted octanol–water partition coefficient (Wildman–Crippen LogP) is 1.85. The van der Waals surface area contributed by atoms with Crippen LogP contribution in [0.3, 0.4) is 0 Å². The Morgan fingerprint density at radius 3 is 2.89 bits per heavy atom. The molecule has 19 heavy (non-hydrogen) atoms. The van der Waals surface area contributed by atoms with Gasteiger partial charge in [0, 0.05) is 0 Å². The lowest BCUT2D eigenvalue weighted by molar-refractivity contribution is -0.384. The van der Waals surface area contributed by atoms with Gasteiger partial charge in [-0.15, -0.1) is 5.10 Å². The second-order valence-electron chi connectivity index (χ2n) is 3.97. The molecule has 0 aliphatic carbocycles. The standard InChI is InChI=1S/C11H12FN5O2/c1-2-3-9-11(13)14-15-16(9)8-5-4-7(12)6-10(8)17(18)19/h4-6H,2-3,13H2,1H3. The number of nitrogen functional groups attached to an aromatic ring is 1. The van der Waals surface area contributed by atoms with Gasteiger partial charge in [0.2, 0.25) is 0 Å². The van der Waals surface area contributed by atoms with Gasteiger partial charge in [0.05, 0.1) is 16.7 Å². The third-order valence-corrected chi connectivity index (χ3v) is 2.64. The highest BCUT2D eigenvalue weighted by molar-refractivity contribution is 5.54. The number of nitrogens with two attached hydrogens (primary N) is 1. The van der Waals surface area contributed by atoms with E-state index in [9.17, 15) is 14.5 Å². The van der Waals surface area contributed by atoms with E-state index >= 15 is 0 Å². The van der Waals surface area contributed by atoms with Crippen molar-refractivity contribution in [3.8, 4) is 5.69 Å². The first-order chi connectivity index (χ1) is 9.04. The van der Waals surface area contributed by atoms with Gasteiger partial charge in [-0.1, -0.05) is 18.6 Å². The van der Waals surface area contributed by atoms with Gasteiger partial charge in [-0.05, 0) is 18.6 Å². The summed E-state index contributed by atoms with van der Waals surface area (Å²) < 4.78 is 14.4. The van der Waals surface area contributed by atoms with Crippen molar-refractivity contribution in [1.29, 1.82) is 0 Å². The average molecular weight is 265 g/mol. The fourth-order valence-corrected chi connectivity index (χ4v) is 1.80. The number of aromatic nitrogens is 3. The predicted molar refractivity (Wildman–Crippen MR) is 66.4 cm³/mol. The molecule has 8 heteroatoms. The quantitative estimate of drug-likeness (QED) is 0.671. The lowest BCUT2D eigenvalue weighted by atomic mass is 10.2. The van der Waals surface area contributed by atoms with Crippen LogP contribution < -0.4 is 5.73 Å². The molecule has 0 fully saturated rings. The van der Waals surface area contributed by atoms with E-state index in [-0.39, 0.29) is 17.2 Å². The number of nitro groups is 1. The number of anilines is 1. The zero-order valence-electron chi connectivity index (χ0n) is 10.2. The molecule has 1 heterocycles. The van der Waals surface area contributed by atoms with E-state index in [0.29, 0.717) is 12.1 Å². The van der Waals surface area contributed by atoms with Gasteiger partial charge >= 0.3 is 0 Å². The van der Waals surface area contributed by atoms with Crippen LogP contribution in [0.4, 0.5) is 15.9 Å². The maximum atomic E-state index is 13.1. The minimum atomic E-state index is -0.680. The van der Waals surface area contributed by atoms with E-state index < -0.39 is 10.7 Å². The molecule has 1 aromatic heterocycles. The van der Waals surface area contributed by atoms with Crippen LogP contribution in [0.25, 0.3) is 5.69 Å². The highest BCUT2D eigenvalue weighted by Crippen LogP contribution is 2.26. The van der Waals surface area contributed by atoms with Crippen molar-refractivity contribution in [3.63, 3.8) is 0 Å². The van der Waals surface area contributed by atoms with Crippen LogP contribution in [0.5, 0.6) is 0 Å². The van der Waals surface area contributed by atoms with E-state index in [1.54, 1.807) is 0 Å². The summed E-state index contributed by atoms with van der Waals surface area (Å²) in [5.41, 5.74) is 6.04. The second-order valence-corrected chi connectivity index (χ2v) is 3.97. The second kappa shape index (κ2) is 5.01. The van der Waals surface area contributed by atoms with Gasteiger partial charge < -0.3 is 5.73 Å². The van der Waals surface area contributed by atoms with Crippen molar-refractivity contribution < 1.29 is 9.31 Å². The van der Waals surface area contributed by atoms with Crippen molar-refractivity contribution in [3.05, 3.63) is 39.8 Å². The minimum Gasteiger partial charge on any atom is -0.381 e. The van der Waals surface area contributed by atoms with Crippen LogP contribution >= 0.6 is 0 Å². The largest absolute Gasteiger partial charge is 0.381 e. The molecule has 0 spiro atoms. The third-order valence-electron chi connectivity index (χ3n) is 2.64. The van der Waals surface area contributed by atoms with Crippen molar-refractivity contribution in [2.45, 2.75) is 19.8 Å². The first-order valence-electron chi connectivity index (χ1n) is 5.69. The average Bonchev–Trinajstić information content (AvgIpc) is 2.72. The topological polar surface area (TPSA) is 99.9 Å². The summed E-state index contributed by atoms with van der Waals surface area (Å²) in [5.74, 6) is -0.457. The molecule has 2 aromatic rings. The Bertz CT molecular complexity index is 626. The van der Waals surface area contributed by atoms with Gasteiger partial charge in [-0.25, -0.2) is 9.07 Å². The monoisotopic (exact) mass is 265 g/mol. The molecule has 7 nitrogen and oxygen atoms in total. The molecule has 2 N–H and O–H groups in total. The maximum Gasteiger partial charge on any atom is 0.297 e. The molecule has 0 aliphatic rings. The molecule has 0 saturated carbocycles. The fourth-order valence-electron chi connectivity index (χ4n) is 1.80. The minimum absolute atomic E-state index is 0.152. The van der Waals surface area contributed by atoms with Gasteiger partial charge in [-0.2, -0.15) is 0 Å². The normalized spacial score (nSPS) is 10.6. The molecule has 0 amide bonds. The van der Waals surface area contributed by atoms with Gasteiger partial charge in [-0.3, -0.25) is 10.1 Å². The van der Waals surface area contributed by atoms with Crippen molar-refractivity contribution in [2.24, 2.45) is 0 Å². The fraction of sp³-hybridized carbons (Fsp3) is 0.273. The number of benzene rings is 1. The van der Waals surface area contributed by atoms with E-state index in [0.717, 1.165) is 18.6 Å². The zero-order chi connectivity index (χ0) is 14.0. The Morgan fingerprint density at radius 1 is 1.53 bits per heavy atom. The zero-order valence-corrected chi connectivity index (χ0v) is 10.2. The highest BCUT2D eigenvalue weighted by Gasteiger charge is 2.21. The smallest absolute Gasteiger partial charge is 0.297 e. The van der Waals surface area contributed by atoms with E-state index in [2.05, 4.69) is 10.3 Å². The SMILES string of the molecule is CCCc1c(N)nnn1-c1ccc(F)cc1[N+](=O)[O-]. The van der Waals surface area contributed by atoms with Gasteiger partial charge in [0.25, 0.3) is 5.69 Å². The van der Waals surface area contributed by atoms with E-state index in [1.807, 2.05) is 6.92 Å². The summed E-state index contributed by atoms with van der Waals surface area (Å²) in [6.07, 6.45) is 1.36. The van der Waals surface area contributed by atoms with Gasteiger partial charge in [0.1, 0.15) is 11.5 Å². The van der Waals surface area contributed by atoms with E-state index in [1.165, 1.54) is 10.7 Å². The summed E-state index contributed by atoms with van der Waals surface area (Å²) >= 11 is 0. The lowest BCUT2D eigenvalue weighted by Gasteiger charge is -2.06.